The van der Waals surface area contributed by atoms with E-state index in [1.165, 1.54) is 0 Å². The van der Waals surface area contributed by atoms with Crippen molar-refractivity contribution in [3.63, 3.8) is 0 Å². The van der Waals surface area contributed by atoms with Gasteiger partial charge in [0.25, 0.3) is 5.91 Å². The molecular formula is C20H14Cl2N2OS. The van der Waals surface area contributed by atoms with Gasteiger partial charge >= 0.3 is 0 Å². The van der Waals surface area contributed by atoms with Gasteiger partial charge in [0.15, 0.2) is 5.11 Å². The Hall–Kier alpha value is -2.40. The predicted molar refractivity (Wildman–Crippen MR) is 112 cm³/mol. The third-order valence-corrected chi connectivity index (χ3v) is 4.43. The summed E-state index contributed by atoms with van der Waals surface area (Å²) in [6, 6.07) is 22.2. The van der Waals surface area contributed by atoms with E-state index in [0.29, 0.717) is 21.3 Å². The molecule has 0 unspecified atom stereocenters. The molecule has 3 rings (SSSR count). The molecule has 6 heteroatoms. The van der Waals surface area contributed by atoms with E-state index in [-0.39, 0.29) is 11.0 Å². The van der Waals surface area contributed by atoms with Crippen LogP contribution in [-0.4, -0.2) is 11.0 Å². The van der Waals surface area contributed by atoms with E-state index >= 15 is 0 Å². The molecule has 0 aliphatic heterocycles. The summed E-state index contributed by atoms with van der Waals surface area (Å²) in [5, 5.41) is 6.62. The molecule has 3 aromatic rings. The maximum absolute atomic E-state index is 12.3. The van der Waals surface area contributed by atoms with E-state index in [4.69, 9.17) is 35.4 Å². The van der Waals surface area contributed by atoms with Gasteiger partial charge in [-0.3, -0.25) is 10.1 Å². The SMILES string of the molecule is O=C(NC(=S)Nc1cc(Cl)ccc1Cl)c1ccc(-c2ccccc2)cc1. The molecule has 0 heterocycles. The van der Waals surface area contributed by atoms with Crippen molar-refractivity contribution in [2.75, 3.05) is 5.32 Å². The number of nitrogens with one attached hydrogen (secondary N) is 2. The smallest absolute Gasteiger partial charge is 0.257 e. The predicted octanol–water partition coefficient (Wildman–Crippen LogP) is 5.79. The second-order valence-corrected chi connectivity index (χ2v) is 6.73. The van der Waals surface area contributed by atoms with Crippen LogP contribution >= 0.6 is 35.4 Å². The second-order valence-electron chi connectivity index (χ2n) is 5.48. The van der Waals surface area contributed by atoms with E-state index in [0.717, 1.165) is 11.1 Å². The number of amides is 1. The monoisotopic (exact) mass is 400 g/mol. The minimum absolute atomic E-state index is 0.145. The fourth-order valence-corrected chi connectivity index (χ4v) is 2.91. The van der Waals surface area contributed by atoms with Gasteiger partial charge in [0.1, 0.15) is 0 Å². The molecule has 3 nitrogen and oxygen atoms in total. The van der Waals surface area contributed by atoms with Crippen molar-refractivity contribution >= 4 is 52.1 Å². The van der Waals surface area contributed by atoms with Crippen LogP contribution in [0.15, 0.2) is 72.8 Å². The third kappa shape index (κ3) is 4.61. The molecule has 0 aliphatic rings. The number of benzene rings is 3. The van der Waals surface area contributed by atoms with E-state index < -0.39 is 0 Å². The Morgan fingerprint density at radius 3 is 2.19 bits per heavy atom. The van der Waals surface area contributed by atoms with E-state index in [9.17, 15) is 4.79 Å². The summed E-state index contributed by atoms with van der Waals surface area (Å²) in [6.07, 6.45) is 0. The van der Waals surface area contributed by atoms with Gasteiger partial charge < -0.3 is 5.32 Å². The Bertz CT molecular complexity index is 944. The van der Waals surface area contributed by atoms with Gasteiger partial charge in [0.05, 0.1) is 10.7 Å². The number of anilines is 1. The van der Waals surface area contributed by atoms with Gasteiger partial charge in [-0.25, -0.2) is 0 Å². The lowest BCUT2D eigenvalue weighted by atomic mass is 10.0. The summed E-state index contributed by atoms with van der Waals surface area (Å²) in [6.45, 7) is 0. The van der Waals surface area contributed by atoms with Gasteiger partial charge in [-0.15, -0.1) is 0 Å². The van der Waals surface area contributed by atoms with Crippen molar-refractivity contribution in [1.82, 2.24) is 5.32 Å². The minimum Gasteiger partial charge on any atom is -0.331 e. The highest BCUT2D eigenvalue weighted by molar-refractivity contribution is 7.80. The van der Waals surface area contributed by atoms with Gasteiger partial charge in [0, 0.05) is 10.6 Å². The zero-order valence-electron chi connectivity index (χ0n) is 13.5. The number of rotatable bonds is 3. The number of halogens is 2. The lowest BCUT2D eigenvalue weighted by molar-refractivity contribution is 0.0978. The van der Waals surface area contributed by atoms with Crippen LogP contribution in [0.5, 0.6) is 0 Å². The Kier molecular flexibility index (Phi) is 5.89. The molecule has 0 atom stereocenters. The number of thiocarbonyl (C=S) groups is 1. The van der Waals surface area contributed by atoms with Crippen molar-refractivity contribution in [1.29, 1.82) is 0 Å². The van der Waals surface area contributed by atoms with E-state index in [2.05, 4.69) is 10.6 Å². The van der Waals surface area contributed by atoms with Gasteiger partial charge in [-0.2, -0.15) is 0 Å². The molecule has 0 saturated carbocycles. The Labute approximate surface area is 167 Å². The molecule has 0 fully saturated rings. The Morgan fingerprint density at radius 1 is 0.846 bits per heavy atom. The molecule has 0 saturated heterocycles. The van der Waals surface area contributed by atoms with Crippen LogP contribution in [0, 0.1) is 0 Å². The quantitative estimate of drug-likeness (QED) is 0.546. The van der Waals surface area contributed by atoms with Crippen molar-refractivity contribution < 1.29 is 4.79 Å². The lowest BCUT2D eigenvalue weighted by Crippen LogP contribution is -2.34. The average molecular weight is 401 g/mol. The zero-order chi connectivity index (χ0) is 18.5. The van der Waals surface area contributed by atoms with Crippen LogP contribution in [0.25, 0.3) is 11.1 Å². The number of hydrogen-bond acceptors (Lipinski definition) is 2. The molecule has 26 heavy (non-hydrogen) atoms. The standard InChI is InChI=1S/C20H14Cl2N2OS/c21-16-10-11-17(22)18(12-16)23-20(26)24-19(25)15-8-6-14(7-9-15)13-4-2-1-3-5-13/h1-12H,(H2,23,24,25,26). The van der Waals surface area contributed by atoms with Crippen molar-refractivity contribution in [2.24, 2.45) is 0 Å². The molecule has 2 N–H and O–H groups in total. The molecule has 0 spiro atoms. The average Bonchev–Trinajstić information content (AvgIpc) is 2.65. The van der Waals surface area contributed by atoms with Crippen molar-refractivity contribution in [2.45, 2.75) is 0 Å². The Morgan fingerprint density at radius 2 is 1.50 bits per heavy atom. The van der Waals surface area contributed by atoms with E-state index in [1.54, 1.807) is 30.3 Å². The first kappa shape index (κ1) is 18.4. The molecule has 3 aromatic carbocycles. The largest absolute Gasteiger partial charge is 0.331 e. The summed E-state index contributed by atoms with van der Waals surface area (Å²) in [5.41, 5.74) is 3.16. The fourth-order valence-electron chi connectivity index (χ4n) is 2.37. The van der Waals surface area contributed by atoms with Crippen LogP contribution in [-0.2, 0) is 0 Å². The summed E-state index contributed by atoms with van der Waals surface area (Å²) in [4.78, 5) is 12.3. The summed E-state index contributed by atoms with van der Waals surface area (Å²) in [5.74, 6) is -0.305. The Balaban J connectivity index is 1.66. The number of carbonyl (C=O) groups is 1. The van der Waals surface area contributed by atoms with Crippen LogP contribution < -0.4 is 10.6 Å². The van der Waals surface area contributed by atoms with Gasteiger partial charge in [0.2, 0.25) is 0 Å². The van der Waals surface area contributed by atoms with Crippen LogP contribution in [0.2, 0.25) is 10.0 Å². The zero-order valence-corrected chi connectivity index (χ0v) is 15.8. The first-order valence-electron chi connectivity index (χ1n) is 7.76. The number of carbonyl (C=O) groups excluding carboxylic acids is 1. The van der Waals surface area contributed by atoms with Gasteiger partial charge in [-0.05, 0) is 53.7 Å². The highest BCUT2D eigenvalue weighted by Gasteiger charge is 2.10. The summed E-state index contributed by atoms with van der Waals surface area (Å²) >= 11 is 17.2. The molecule has 0 radical (unpaired) electrons. The minimum atomic E-state index is -0.305. The molecule has 130 valence electrons. The summed E-state index contributed by atoms with van der Waals surface area (Å²) < 4.78 is 0. The highest BCUT2D eigenvalue weighted by Crippen LogP contribution is 2.25. The maximum Gasteiger partial charge on any atom is 0.257 e. The van der Waals surface area contributed by atoms with Crippen LogP contribution in [0.1, 0.15) is 10.4 Å². The molecule has 1 amide bonds. The fraction of sp³-hybridized carbons (Fsp3) is 0. The molecule has 0 aliphatic carbocycles. The summed E-state index contributed by atoms with van der Waals surface area (Å²) in [7, 11) is 0. The van der Waals surface area contributed by atoms with Crippen molar-refractivity contribution in [3.8, 4) is 11.1 Å². The lowest BCUT2D eigenvalue weighted by Gasteiger charge is -2.11. The van der Waals surface area contributed by atoms with Crippen LogP contribution in [0.4, 0.5) is 5.69 Å². The van der Waals surface area contributed by atoms with Crippen LogP contribution in [0.3, 0.4) is 0 Å². The first-order valence-corrected chi connectivity index (χ1v) is 8.92. The van der Waals surface area contributed by atoms with Gasteiger partial charge in [-0.1, -0.05) is 65.7 Å². The van der Waals surface area contributed by atoms with E-state index in [1.807, 2.05) is 42.5 Å². The normalized spacial score (nSPS) is 10.2. The molecular weight excluding hydrogens is 387 g/mol. The second kappa shape index (κ2) is 8.32. The highest BCUT2D eigenvalue weighted by atomic mass is 35.5. The molecule has 0 aromatic heterocycles. The molecule has 0 bridgehead atoms. The first-order chi connectivity index (χ1) is 12.5. The maximum atomic E-state index is 12.3. The van der Waals surface area contributed by atoms with Crippen molar-refractivity contribution in [3.05, 3.63) is 88.4 Å². The third-order valence-electron chi connectivity index (χ3n) is 3.66. The topological polar surface area (TPSA) is 41.1 Å². The number of hydrogen-bond donors (Lipinski definition) is 2.